The molecule has 2 aromatic heterocycles. The first-order valence-corrected chi connectivity index (χ1v) is 6.28. The average molecular weight is 253 g/mol. The summed E-state index contributed by atoms with van der Waals surface area (Å²) in [4.78, 5) is 8.92. The van der Waals surface area contributed by atoms with Crippen molar-refractivity contribution in [2.75, 3.05) is 0 Å². The van der Waals surface area contributed by atoms with E-state index in [1.54, 1.807) is 18.3 Å². The van der Waals surface area contributed by atoms with Crippen molar-refractivity contribution in [3.63, 3.8) is 0 Å². The lowest BCUT2D eigenvalue weighted by molar-refractivity contribution is 0.474. The zero-order valence-electron chi connectivity index (χ0n) is 10.7. The second kappa shape index (κ2) is 4.72. The number of hydrogen-bond acceptors (Lipinski definition) is 3. The van der Waals surface area contributed by atoms with Gasteiger partial charge in [0.15, 0.2) is 5.65 Å². The predicted molar refractivity (Wildman–Crippen MR) is 74.0 cm³/mol. The van der Waals surface area contributed by atoms with E-state index in [0.717, 1.165) is 35.4 Å². The highest BCUT2D eigenvalue weighted by Crippen LogP contribution is 2.16. The second-order valence-corrected chi connectivity index (χ2v) is 4.60. The molecule has 0 bridgehead atoms. The molecule has 0 radical (unpaired) electrons. The number of benzene rings is 1. The van der Waals surface area contributed by atoms with Gasteiger partial charge in [-0.1, -0.05) is 12.1 Å². The number of nitrogens with zero attached hydrogens (tertiary/aromatic N) is 3. The molecule has 0 aliphatic rings. The van der Waals surface area contributed by atoms with Crippen LogP contribution in [0.1, 0.15) is 11.4 Å². The molecule has 4 heteroatoms. The quantitative estimate of drug-likeness (QED) is 0.780. The van der Waals surface area contributed by atoms with E-state index in [1.807, 2.05) is 35.9 Å². The average Bonchev–Trinajstić information content (AvgIpc) is 2.74. The Morgan fingerprint density at radius 1 is 1.16 bits per heavy atom. The lowest BCUT2D eigenvalue weighted by Crippen LogP contribution is -2.00. The Balaban J connectivity index is 1.84. The van der Waals surface area contributed by atoms with Gasteiger partial charge in [0.2, 0.25) is 0 Å². The number of aryl methyl sites for hydroxylation is 3. The number of pyridine rings is 1. The van der Waals surface area contributed by atoms with Gasteiger partial charge in [0.05, 0.1) is 0 Å². The molecule has 0 spiro atoms. The van der Waals surface area contributed by atoms with Crippen LogP contribution >= 0.6 is 0 Å². The van der Waals surface area contributed by atoms with Crippen LogP contribution in [0.2, 0.25) is 0 Å². The van der Waals surface area contributed by atoms with Crippen molar-refractivity contribution in [3.8, 4) is 5.75 Å². The second-order valence-electron chi connectivity index (χ2n) is 4.60. The minimum atomic E-state index is 0.309. The van der Waals surface area contributed by atoms with Crippen LogP contribution in [-0.4, -0.2) is 19.6 Å². The zero-order valence-corrected chi connectivity index (χ0v) is 10.7. The lowest BCUT2D eigenvalue weighted by atomic mass is 10.1. The predicted octanol–water partition coefficient (Wildman–Crippen LogP) is 2.46. The fourth-order valence-electron chi connectivity index (χ4n) is 2.26. The van der Waals surface area contributed by atoms with Gasteiger partial charge in [-0.05, 0) is 36.2 Å². The number of fused-ring (bicyclic) bond motifs is 1. The summed E-state index contributed by atoms with van der Waals surface area (Å²) in [5.74, 6) is 1.32. The molecule has 0 aliphatic heterocycles. The van der Waals surface area contributed by atoms with Crippen LogP contribution in [0.4, 0.5) is 0 Å². The minimum Gasteiger partial charge on any atom is -0.508 e. The van der Waals surface area contributed by atoms with Gasteiger partial charge in [-0.25, -0.2) is 9.97 Å². The van der Waals surface area contributed by atoms with Gasteiger partial charge >= 0.3 is 0 Å². The van der Waals surface area contributed by atoms with Crippen molar-refractivity contribution < 1.29 is 5.11 Å². The summed E-state index contributed by atoms with van der Waals surface area (Å²) < 4.78 is 2.03. The summed E-state index contributed by atoms with van der Waals surface area (Å²) in [6, 6.07) is 11.2. The first kappa shape index (κ1) is 11.7. The Bertz CT molecular complexity index is 718. The van der Waals surface area contributed by atoms with E-state index in [-0.39, 0.29) is 0 Å². The van der Waals surface area contributed by atoms with Crippen LogP contribution < -0.4 is 0 Å². The number of hydrogen-bond donors (Lipinski definition) is 1. The number of aromatic hydroxyl groups is 1. The Morgan fingerprint density at radius 2 is 2.05 bits per heavy atom. The molecule has 0 amide bonds. The fourth-order valence-corrected chi connectivity index (χ4v) is 2.26. The summed E-state index contributed by atoms with van der Waals surface area (Å²) in [6.45, 7) is 0. The standard InChI is InChI=1S/C15H15N3O/c1-18-14(17-13-6-3-9-16-15(13)18)8-7-11-4-2-5-12(19)10-11/h2-6,9-10,19H,7-8H2,1H3. The Morgan fingerprint density at radius 3 is 2.84 bits per heavy atom. The molecule has 3 aromatic rings. The van der Waals surface area contributed by atoms with Crippen LogP contribution in [0.15, 0.2) is 42.6 Å². The monoisotopic (exact) mass is 253 g/mol. The van der Waals surface area contributed by atoms with E-state index in [0.29, 0.717) is 5.75 Å². The number of aromatic nitrogens is 3. The van der Waals surface area contributed by atoms with Gasteiger partial charge < -0.3 is 9.67 Å². The maximum atomic E-state index is 9.45. The number of phenols is 1. The van der Waals surface area contributed by atoms with E-state index in [2.05, 4.69) is 9.97 Å². The molecule has 0 saturated carbocycles. The Hall–Kier alpha value is -2.36. The molecule has 0 atom stereocenters. The topological polar surface area (TPSA) is 50.9 Å². The smallest absolute Gasteiger partial charge is 0.159 e. The number of rotatable bonds is 3. The normalized spacial score (nSPS) is 11.0. The molecule has 0 fully saturated rings. The van der Waals surface area contributed by atoms with Crippen molar-refractivity contribution in [3.05, 3.63) is 54.0 Å². The summed E-state index contributed by atoms with van der Waals surface area (Å²) in [5.41, 5.74) is 2.95. The number of phenolic OH excluding ortho intramolecular Hbond substituents is 1. The molecule has 0 aliphatic carbocycles. The molecule has 96 valence electrons. The molecular formula is C15H15N3O. The summed E-state index contributed by atoms with van der Waals surface area (Å²) >= 11 is 0. The van der Waals surface area contributed by atoms with Crippen molar-refractivity contribution >= 4 is 11.2 Å². The van der Waals surface area contributed by atoms with E-state index in [9.17, 15) is 5.11 Å². The Labute approximate surface area is 111 Å². The summed E-state index contributed by atoms with van der Waals surface area (Å²) in [6.07, 6.45) is 3.46. The van der Waals surface area contributed by atoms with Gasteiger partial charge in [0.1, 0.15) is 17.1 Å². The van der Waals surface area contributed by atoms with Crippen molar-refractivity contribution in [2.45, 2.75) is 12.8 Å². The van der Waals surface area contributed by atoms with Gasteiger partial charge in [-0.15, -0.1) is 0 Å². The molecular weight excluding hydrogens is 238 g/mol. The summed E-state index contributed by atoms with van der Waals surface area (Å²) in [7, 11) is 1.99. The Kier molecular flexibility index (Phi) is 2.91. The van der Waals surface area contributed by atoms with Crippen LogP contribution in [0.25, 0.3) is 11.2 Å². The van der Waals surface area contributed by atoms with Gasteiger partial charge in [-0.2, -0.15) is 0 Å². The van der Waals surface area contributed by atoms with E-state index in [1.165, 1.54) is 0 Å². The molecule has 2 heterocycles. The third-order valence-electron chi connectivity index (χ3n) is 3.27. The highest BCUT2D eigenvalue weighted by molar-refractivity contribution is 5.70. The molecule has 0 saturated heterocycles. The highest BCUT2D eigenvalue weighted by atomic mass is 16.3. The van der Waals surface area contributed by atoms with E-state index >= 15 is 0 Å². The molecule has 1 N–H and O–H groups in total. The highest BCUT2D eigenvalue weighted by Gasteiger charge is 2.08. The third kappa shape index (κ3) is 2.29. The van der Waals surface area contributed by atoms with Crippen LogP contribution in [0.5, 0.6) is 5.75 Å². The molecule has 0 unspecified atom stereocenters. The van der Waals surface area contributed by atoms with E-state index < -0.39 is 0 Å². The van der Waals surface area contributed by atoms with Crippen molar-refractivity contribution in [1.29, 1.82) is 0 Å². The zero-order chi connectivity index (χ0) is 13.2. The van der Waals surface area contributed by atoms with Gasteiger partial charge in [0, 0.05) is 19.7 Å². The molecule has 19 heavy (non-hydrogen) atoms. The largest absolute Gasteiger partial charge is 0.508 e. The van der Waals surface area contributed by atoms with Gasteiger partial charge in [0.25, 0.3) is 0 Å². The third-order valence-corrected chi connectivity index (χ3v) is 3.27. The van der Waals surface area contributed by atoms with Crippen molar-refractivity contribution in [1.82, 2.24) is 14.5 Å². The number of imidazole rings is 1. The van der Waals surface area contributed by atoms with Crippen LogP contribution in [0, 0.1) is 0 Å². The molecule has 4 nitrogen and oxygen atoms in total. The van der Waals surface area contributed by atoms with Crippen LogP contribution in [0.3, 0.4) is 0 Å². The van der Waals surface area contributed by atoms with Crippen LogP contribution in [-0.2, 0) is 19.9 Å². The first-order valence-electron chi connectivity index (χ1n) is 6.28. The van der Waals surface area contributed by atoms with Crippen molar-refractivity contribution in [2.24, 2.45) is 7.05 Å². The SMILES string of the molecule is Cn1c(CCc2cccc(O)c2)nc2cccnc21. The maximum absolute atomic E-state index is 9.45. The fraction of sp³-hybridized carbons (Fsp3) is 0.200. The first-order chi connectivity index (χ1) is 9.24. The van der Waals surface area contributed by atoms with Gasteiger partial charge in [-0.3, -0.25) is 0 Å². The van der Waals surface area contributed by atoms with E-state index in [4.69, 9.17) is 0 Å². The molecule has 3 rings (SSSR count). The minimum absolute atomic E-state index is 0.309. The molecule has 1 aromatic carbocycles. The maximum Gasteiger partial charge on any atom is 0.159 e. The lowest BCUT2D eigenvalue weighted by Gasteiger charge is -2.03. The summed E-state index contributed by atoms with van der Waals surface area (Å²) in [5, 5.41) is 9.45.